The highest BCUT2D eigenvalue weighted by molar-refractivity contribution is 7.07. The lowest BCUT2D eigenvalue weighted by Gasteiger charge is -2.49. The van der Waals surface area contributed by atoms with Crippen LogP contribution in [0.2, 0.25) is 0 Å². The van der Waals surface area contributed by atoms with Crippen molar-refractivity contribution in [3.8, 4) is 45.9 Å². The Morgan fingerprint density at radius 1 is 0.207 bits per heavy atom. The fourth-order valence-corrected chi connectivity index (χ4v) is 24.1. The Hall–Kier alpha value is -17.2. The molecule has 0 atom stereocenters. The monoisotopic (exact) mass is 1820 g/mol. The van der Waals surface area contributed by atoms with E-state index in [2.05, 4.69) is 194 Å². The van der Waals surface area contributed by atoms with Gasteiger partial charge in [-0.05, 0) is 235 Å². The van der Waals surface area contributed by atoms with E-state index in [9.17, 15) is 20.6 Å². The molecule has 34 rings (SSSR count). The molecule has 0 amide bonds. The van der Waals surface area contributed by atoms with Gasteiger partial charge in [-0.25, -0.2) is 0 Å². The Morgan fingerprint density at radius 3 is 1.09 bits per heavy atom. The van der Waals surface area contributed by atoms with Gasteiger partial charge in [0.15, 0.2) is 0 Å². The third-order valence-electron chi connectivity index (χ3n) is 29.4. The van der Waals surface area contributed by atoms with Gasteiger partial charge >= 0.3 is 0 Å². The summed E-state index contributed by atoms with van der Waals surface area (Å²) in [7, 11) is 0. The molecule has 16 heteroatoms. The number of nitrogens with zero attached hydrogens (tertiary/aromatic N) is 7. The van der Waals surface area contributed by atoms with Crippen LogP contribution < -0.4 is 137 Å². The Morgan fingerprint density at radius 2 is 0.571 bits per heavy atom. The Balaban J connectivity index is 0.000000113. The minimum absolute atomic E-state index is 0.00298. The fourth-order valence-electron chi connectivity index (χ4n) is 24.1. The molecule has 0 radical (unpaired) electrons. The molecule has 646 valence electrons. The Labute approximate surface area is 870 Å². The van der Waals surface area contributed by atoms with Crippen LogP contribution >= 0.6 is 0 Å². The van der Waals surface area contributed by atoms with Gasteiger partial charge in [0, 0.05) is 153 Å². The number of para-hydroxylation sites is 12. The number of fused-ring (bicyclic) bond motifs is 30. The highest BCUT2D eigenvalue weighted by Crippen LogP contribution is 2.54. The number of ether oxygens (including phenoxy) is 3. The Kier molecular flexibility index (Phi) is 9.59. The van der Waals surface area contributed by atoms with Crippen LogP contribution in [0, 0.1) is 27.7 Å². The largest absolute Gasteiger partial charge is 0.458 e. The molecule has 14 heterocycles. The molecule has 22 aromatic rings. The zero-order chi connectivity index (χ0) is 128. The van der Waals surface area contributed by atoms with Crippen molar-refractivity contribution in [2.24, 2.45) is 0 Å². The summed E-state index contributed by atoms with van der Waals surface area (Å²) in [6, 6.07) is 25.6. The van der Waals surface area contributed by atoms with Gasteiger partial charge in [-0.2, -0.15) is 0 Å². The molecule has 0 aliphatic carbocycles. The second kappa shape index (κ2) is 28.3. The average molecular weight is 1820 g/mol. The third-order valence-corrected chi connectivity index (χ3v) is 29.4. The van der Waals surface area contributed by atoms with Crippen molar-refractivity contribution in [2.75, 3.05) is 24.5 Å². The van der Waals surface area contributed by atoms with E-state index in [1.807, 2.05) is 0 Å². The molecular weight excluding hydrogens is 1700 g/mol. The summed E-state index contributed by atoms with van der Waals surface area (Å²) in [5.41, 5.74) is 16.9. The van der Waals surface area contributed by atoms with Gasteiger partial charge in [-0.15, -0.1) is 0 Å². The van der Waals surface area contributed by atoms with Crippen LogP contribution in [0.25, 0.3) is 55.0 Å². The predicted octanol–water partition coefficient (Wildman–Crippen LogP) is 18.1. The molecule has 0 fully saturated rings. The summed E-state index contributed by atoms with van der Waals surface area (Å²) in [5, 5.41) is 2.29. The molecule has 0 spiro atoms. The van der Waals surface area contributed by atoms with Gasteiger partial charge in [0.1, 0.15) is 34.5 Å². The van der Waals surface area contributed by atoms with E-state index in [4.69, 9.17) is 51.2 Å². The minimum Gasteiger partial charge on any atom is -0.458 e. The van der Waals surface area contributed by atoms with Gasteiger partial charge < -0.3 is 47.8 Å². The smallest absolute Gasteiger partial charge is 0.256 e. The highest BCUT2D eigenvalue weighted by atomic mass is 16.5. The van der Waals surface area contributed by atoms with E-state index >= 15 is 0 Å². The second-order valence-electron chi connectivity index (χ2n) is 36.6. The van der Waals surface area contributed by atoms with E-state index in [1.54, 1.807) is 0 Å². The number of anilines is 15. The van der Waals surface area contributed by atoms with Crippen LogP contribution in [-0.2, 0) is 0 Å². The lowest BCUT2D eigenvalue weighted by molar-refractivity contribution is 0.487. The van der Waals surface area contributed by atoms with Gasteiger partial charge in [0.2, 0.25) is 0 Å². The molecule has 0 bridgehead atoms. The Bertz CT molecular complexity index is 12000. The van der Waals surface area contributed by atoms with Gasteiger partial charge in [-0.3, -0.25) is 0 Å². The molecule has 140 heavy (non-hydrogen) atoms. The fraction of sp³-hybridized carbons (Fsp3) is 0.0323. The van der Waals surface area contributed by atoms with Gasteiger partial charge in [0.25, 0.3) is 40.3 Å². The minimum atomic E-state index is -1.71. The maximum atomic E-state index is 10.0. The van der Waals surface area contributed by atoms with Crippen LogP contribution in [0.1, 0.15) is 79.8 Å². The standard InChI is InChI=1S/C52H37B2N3O.C36H20B2N2O.C36H22B2N2O/c1-30-13-18-34(19-14-30)55-44-22-15-31(2)25-39(44)54-41-27-33(4)17-24-46(41)57-45-23-16-32(3)26-40(45)53-38-21-20-35(28-48(38)58-49-29-47(55)50(54)52(57)51(49)53)56-42-11-7-5-9-36(42)37-10-6-8-12-43(37)56;1-2-10-21(11-3-1)39-28-18-6-4-14-24(28)37-26-16-8-12-22-23-13-9-17-27-35(23)40(34(22)26)36-32(37)29(39)20-31-33(36)38(27)25-15-5-7-19-30(25)41-31;1-2-12-23(13-3-1)39-28-18-8-4-14-24(28)37-25-15-5-9-19-29(25)40-30-20-10-6-16-26(30)38-27-17-7-11-21-32(27)41-33-22-31(39)34(37)36(40)35(33)38/h5-29H,1-4H3;1-20H;1-22H/i;1D,2D,3D,4D,5D,6D,7D,8D,9D,10D,11D,12D,13D,14D,15D,16D,17D,18D,19D,20D;1D,2D,3D,4D,5D,6D,7D,8D,9D,10D,11D,12D,13D,14D,15D,16D,17D,18D,19D,20D,21D,22D. The summed E-state index contributed by atoms with van der Waals surface area (Å²) in [4.78, 5) is 8.01. The van der Waals surface area contributed by atoms with Crippen LogP contribution in [0.5, 0.6) is 34.5 Å². The van der Waals surface area contributed by atoms with Crippen molar-refractivity contribution in [2.45, 2.75) is 27.7 Å². The number of aromatic nitrogens is 2. The molecule has 2 aromatic heterocycles. The van der Waals surface area contributed by atoms with Crippen molar-refractivity contribution in [3.05, 3.63) is 428 Å². The summed E-state index contributed by atoms with van der Waals surface area (Å²) in [6.07, 6.45) is 0. The molecule has 20 aromatic carbocycles. The first-order valence-corrected chi connectivity index (χ1v) is 45.6. The van der Waals surface area contributed by atoms with Crippen molar-refractivity contribution >= 4 is 268 Å². The van der Waals surface area contributed by atoms with Crippen LogP contribution in [-0.4, -0.2) is 49.4 Å². The van der Waals surface area contributed by atoms with Crippen LogP contribution in [0.4, 0.5) is 85.3 Å². The first kappa shape index (κ1) is 47.5. The molecule has 12 aliphatic heterocycles. The zero-order valence-electron chi connectivity index (χ0n) is 116. The zero-order valence-corrected chi connectivity index (χ0v) is 73.8. The summed E-state index contributed by atoms with van der Waals surface area (Å²) in [5.74, 6) is -0.0961. The van der Waals surface area contributed by atoms with Crippen LogP contribution in [0.15, 0.2) is 405 Å². The summed E-state index contributed by atoms with van der Waals surface area (Å²) in [6.45, 7) is 2.59. The quantitative estimate of drug-likeness (QED) is 0.162. The van der Waals surface area contributed by atoms with E-state index in [-0.39, 0.29) is 112 Å². The van der Waals surface area contributed by atoms with E-state index < -0.39 is 349 Å². The van der Waals surface area contributed by atoms with E-state index in [1.165, 1.54) is 110 Å². The molecule has 10 nitrogen and oxygen atoms in total. The van der Waals surface area contributed by atoms with Gasteiger partial charge in [0.05, 0.1) is 68.6 Å². The number of hydrogen-bond donors (Lipinski definition) is 0. The summed E-state index contributed by atoms with van der Waals surface area (Å²) < 4.78 is 403. The normalized spacial score (nSPS) is 18.4. The highest BCUT2D eigenvalue weighted by Gasteiger charge is 2.56. The summed E-state index contributed by atoms with van der Waals surface area (Å²) >= 11 is 0. The molecule has 12 aliphatic rings. The van der Waals surface area contributed by atoms with Crippen molar-refractivity contribution in [3.63, 3.8) is 0 Å². The van der Waals surface area contributed by atoms with E-state index in [0.29, 0.717) is 0 Å². The third kappa shape index (κ3) is 10.2. The van der Waals surface area contributed by atoms with Crippen molar-refractivity contribution in [1.82, 2.24) is 9.13 Å². The maximum absolute atomic E-state index is 10.0. The average Bonchev–Trinajstić information content (AvgIpc) is 1.38. The number of rotatable bonds is 4. The number of hydrogen-bond acceptors (Lipinski definition) is 8. The van der Waals surface area contributed by atoms with Crippen LogP contribution in [0.3, 0.4) is 0 Å². The number of aryl methyl sites for hydroxylation is 4. The molecule has 0 unspecified atom stereocenters. The first-order chi connectivity index (χ1) is 86.6. The predicted molar refractivity (Wildman–Crippen MR) is 588 cm³/mol. The molecular formula is C124H79B6N7O3. The second-order valence-corrected chi connectivity index (χ2v) is 36.6. The molecule has 0 saturated heterocycles. The van der Waals surface area contributed by atoms with Crippen molar-refractivity contribution < 1.29 is 71.8 Å². The lowest BCUT2D eigenvalue weighted by Crippen LogP contribution is -2.68. The first-order valence-electron chi connectivity index (χ1n) is 66.6. The molecule has 0 saturated carbocycles. The maximum Gasteiger partial charge on any atom is 0.256 e. The van der Waals surface area contributed by atoms with Crippen molar-refractivity contribution in [1.29, 1.82) is 0 Å². The SMILES string of the molecule is Cc1ccc(N2c3ccc(C)cc3B3c4cc(C)ccc4N4c5ccc(C)cc5B5c6ccc(-n7c8ccccc8c8ccccc87)cc6Oc6cc2c3c4c65)cc1.[2H]c1c([2H])c([2H])c(N2c3c([2H])c([2H])c([2H])c([2H])c3B3c4c([2H])c([2H])c([2H])c([2H])c4N4c5c([2H])c([2H])c([2H])c([2H])c5B5c6c([2H])c([2H])c([2H])c([2H])c6Oc6c([2H])c2c3c4c65)c([2H])c1[2H].[2H]c1c([2H])c([2H])c(N2c3c([2H])c([2H])c([2H])c([2H])c3B3c4c2c([2H])c2c5c4-n4c6c(c([2H])c([2H])c([2H])c6c6c([2H])c([2H])c([2H])c3c64)B5c3c([2H])c([2H])c([2H])c([2H])c3O2)c([2H])c1[2H]. The number of benzene rings is 20. The van der Waals surface area contributed by atoms with Gasteiger partial charge in [-0.1, -0.05) is 295 Å². The topological polar surface area (TPSA) is 53.8 Å². The van der Waals surface area contributed by atoms with E-state index in [0.717, 1.165) is 37.6 Å². The lowest BCUT2D eigenvalue weighted by atomic mass is 9.29. The molecule has 0 N–H and O–H groups in total.